The molecule has 2 N–H and O–H groups in total. The molecule has 1 amide bonds. The van der Waals surface area contributed by atoms with Gasteiger partial charge in [0.25, 0.3) is 0 Å². The van der Waals surface area contributed by atoms with E-state index in [4.69, 9.17) is 5.11 Å². The molecule has 0 saturated carbocycles. The van der Waals surface area contributed by atoms with Gasteiger partial charge in [-0.3, -0.25) is 4.79 Å². The fourth-order valence-electron chi connectivity index (χ4n) is 2.24. The molecule has 0 aliphatic carbocycles. The molecule has 0 fully saturated rings. The van der Waals surface area contributed by atoms with Crippen LogP contribution < -0.4 is 5.32 Å². The van der Waals surface area contributed by atoms with Crippen molar-refractivity contribution in [2.24, 2.45) is 0 Å². The lowest BCUT2D eigenvalue weighted by Crippen LogP contribution is -2.24. The predicted molar refractivity (Wildman–Crippen MR) is 96.3 cm³/mol. The zero-order valence-electron chi connectivity index (χ0n) is 12.5. The number of benzene rings is 2. The maximum absolute atomic E-state index is 12.1. The number of hydrogen-bond donors (Lipinski definition) is 2. The molecule has 0 saturated heterocycles. The number of fused-ring (bicyclic) bond motifs is 1. The number of thiazole rings is 1. The van der Waals surface area contributed by atoms with Crippen molar-refractivity contribution in [1.82, 2.24) is 10.3 Å². The van der Waals surface area contributed by atoms with Crippen molar-refractivity contribution in [1.29, 1.82) is 0 Å². The highest BCUT2D eigenvalue weighted by atomic mass is 79.9. The van der Waals surface area contributed by atoms with Crippen molar-refractivity contribution >= 4 is 49.4 Å². The normalized spacial score (nSPS) is 10.7. The number of hydrogen-bond acceptors (Lipinski definition) is 4. The maximum atomic E-state index is 12.1. The number of carbonyl (C=O) groups is 2. The van der Waals surface area contributed by atoms with Gasteiger partial charge in [-0.15, -0.1) is 11.3 Å². The van der Waals surface area contributed by atoms with Crippen LogP contribution in [0.1, 0.15) is 20.9 Å². The predicted octanol–water partition coefficient (Wildman–Crippen LogP) is 3.62. The van der Waals surface area contributed by atoms with Gasteiger partial charge in [-0.05, 0) is 35.9 Å². The SMILES string of the molecule is O=C(Cc1nc2ccc(Br)cc2s1)NCc1cccc(C(=O)O)c1. The molecule has 1 aromatic heterocycles. The molecule has 5 nitrogen and oxygen atoms in total. The number of halogens is 1. The molecule has 1 heterocycles. The summed E-state index contributed by atoms with van der Waals surface area (Å²) in [5.41, 5.74) is 1.83. The van der Waals surface area contributed by atoms with Gasteiger partial charge in [0.05, 0.1) is 22.2 Å². The smallest absolute Gasteiger partial charge is 0.335 e. The van der Waals surface area contributed by atoms with Crippen LogP contribution in [0.15, 0.2) is 46.9 Å². The number of carboxylic acid groups (broad SMARTS) is 1. The maximum Gasteiger partial charge on any atom is 0.335 e. The second kappa shape index (κ2) is 7.11. The second-order valence-corrected chi connectivity index (χ2v) is 7.21. The molecule has 0 radical (unpaired) electrons. The Morgan fingerprint density at radius 2 is 2.04 bits per heavy atom. The summed E-state index contributed by atoms with van der Waals surface area (Å²) in [4.78, 5) is 27.5. The van der Waals surface area contributed by atoms with Gasteiger partial charge in [0.2, 0.25) is 5.91 Å². The molecule has 3 aromatic rings. The van der Waals surface area contributed by atoms with E-state index < -0.39 is 5.97 Å². The molecule has 7 heteroatoms. The van der Waals surface area contributed by atoms with Crippen LogP contribution >= 0.6 is 27.3 Å². The minimum atomic E-state index is -0.983. The van der Waals surface area contributed by atoms with Crippen LogP contribution in [-0.4, -0.2) is 22.0 Å². The number of aromatic nitrogens is 1. The van der Waals surface area contributed by atoms with Gasteiger partial charge in [0, 0.05) is 11.0 Å². The number of aromatic carboxylic acids is 1. The molecule has 2 aromatic carbocycles. The van der Waals surface area contributed by atoms with E-state index in [1.165, 1.54) is 17.4 Å². The summed E-state index contributed by atoms with van der Waals surface area (Å²) < 4.78 is 2.01. The lowest BCUT2D eigenvalue weighted by atomic mass is 10.1. The number of nitrogens with one attached hydrogen (secondary N) is 1. The van der Waals surface area contributed by atoms with Crippen LogP contribution in [-0.2, 0) is 17.8 Å². The zero-order valence-corrected chi connectivity index (χ0v) is 14.9. The lowest BCUT2D eigenvalue weighted by Gasteiger charge is -2.05. The Bertz CT molecular complexity index is 923. The summed E-state index contributed by atoms with van der Waals surface area (Å²) in [7, 11) is 0. The third kappa shape index (κ3) is 3.98. The van der Waals surface area contributed by atoms with Gasteiger partial charge in [-0.1, -0.05) is 28.1 Å². The first-order valence-corrected chi connectivity index (χ1v) is 8.76. The van der Waals surface area contributed by atoms with E-state index in [0.29, 0.717) is 0 Å². The van der Waals surface area contributed by atoms with Crippen LogP contribution in [0.2, 0.25) is 0 Å². The van der Waals surface area contributed by atoms with Crippen molar-refractivity contribution in [3.05, 3.63) is 63.1 Å². The van der Waals surface area contributed by atoms with Crippen LogP contribution in [0.3, 0.4) is 0 Å². The molecule has 0 unspecified atom stereocenters. The summed E-state index contributed by atoms with van der Waals surface area (Å²) in [6.07, 6.45) is 0.204. The summed E-state index contributed by atoms with van der Waals surface area (Å²) in [6.45, 7) is 0.288. The van der Waals surface area contributed by atoms with Crippen molar-refractivity contribution in [3.63, 3.8) is 0 Å². The molecule has 24 heavy (non-hydrogen) atoms. The highest BCUT2D eigenvalue weighted by Crippen LogP contribution is 2.25. The quantitative estimate of drug-likeness (QED) is 0.680. The first-order chi connectivity index (χ1) is 11.5. The second-order valence-electron chi connectivity index (χ2n) is 5.18. The number of nitrogens with zero attached hydrogens (tertiary/aromatic N) is 1. The number of rotatable bonds is 5. The van der Waals surface area contributed by atoms with Crippen molar-refractivity contribution in [3.8, 4) is 0 Å². The fraction of sp³-hybridized carbons (Fsp3) is 0.118. The van der Waals surface area contributed by atoms with E-state index >= 15 is 0 Å². The van der Waals surface area contributed by atoms with Crippen molar-refractivity contribution < 1.29 is 14.7 Å². The van der Waals surface area contributed by atoms with E-state index in [-0.39, 0.29) is 24.4 Å². The summed E-state index contributed by atoms with van der Waals surface area (Å²) in [5, 5.41) is 12.5. The molecule has 0 bridgehead atoms. The van der Waals surface area contributed by atoms with E-state index in [2.05, 4.69) is 26.2 Å². The molecule has 0 spiro atoms. The van der Waals surface area contributed by atoms with E-state index in [1.807, 2.05) is 18.2 Å². The number of carboxylic acids is 1. The summed E-state index contributed by atoms with van der Waals surface area (Å²) >= 11 is 4.91. The van der Waals surface area contributed by atoms with Crippen LogP contribution in [0, 0.1) is 0 Å². The van der Waals surface area contributed by atoms with E-state index in [1.54, 1.807) is 18.2 Å². The largest absolute Gasteiger partial charge is 0.478 e. The van der Waals surface area contributed by atoms with Crippen molar-refractivity contribution in [2.45, 2.75) is 13.0 Å². The number of amides is 1. The Hall–Kier alpha value is -2.25. The van der Waals surface area contributed by atoms with Crippen molar-refractivity contribution in [2.75, 3.05) is 0 Å². The van der Waals surface area contributed by atoms with Crippen LogP contribution in [0.25, 0.3) is 10.2 Å². The lowest BCUT2D eigenvalue weighted by molar-refractivity contribution is -0.120. The first-order valence-electron chi connectivity index (χ1n) is 7.15. The van der Waals surface area contributed by atoms with Gasteiger partial charge in [-0.2, -0.15) is 0 Å². The summed E-state index contributed by atoms with van der Waals surface area (Å²) in [6, 6.07) is 12.3. The standard InChI is InChI=1S/C17H13BrN2O3S/c18-12-4-5-13-14(7-12)24-16(20-13)8-15(21)19-9-10-2-1-3-11(6-10)17(22)23/h1-7H,8-9H2,(H,19,21)(H,22,23). The molecule has 3 rings (SSSR count). The minimum absolute atomic E-state index is 0.145. The fourth-order valence-corrected chi connectivity index (χ4v) is 3.75. The highest BCUT2D eigenvalue weighted by Gasteiger charge is 2.10. The molecule has 0 aliphatic rings. The molecule has 122 valence electrons. The first kappa shape index (κ1) is 16.6. The van der Waals surface area contributed by atoms with Gasteiger partial charge in [0.15, 0.2) is 0 Å². The Labute approximate surface area is 150 Å². The minimum Gasteiger partial charge on any atom is -0.478 e. The van der Waals surface area contributed by atoms with E-state index in [9.17, 15) is 9.59 Å². The van der Waals surface area contributed by atoms with Crippen LogP contribution in [0.5, 0.6) is 0 Å². The van der Waals surface area contributed by atoms with Gasteiger partial charge in [0.1, 0.15) is 5.01 Å². The van der Waals surface area contributed by atoms with E-state index in [0.717, 1.165) is 25.3 Å². The van der Waals surface area contributed by atoms with Gasteiger partial charge >= 0.3 is 5.97 Å². The Morgan fingerprint density at radius 1 is 1.21 bits per heavy atom. The highest BCUT2D eigenvalue weighted by molar-refractivity contribution is 9.10. The Balaban J connectivity index is 1.62. The summed E-state index contributed by atoms with van der Waals surface area (Å²) in [5.74, 6) is -1.13. The molecular weight excluding hydrogens is 392 g/mol. The Morgan fingerprint density at radius 3 is 2.83 bits per heavy atom. The topological polar surface area (TPSA) is 79.3 Å². The van der Waals surface area contributed by atoms with Crippen LogP contribution in [0.4, 0.5) is 0 Å². The average Bonchev–Trinajstić information content (AvgIpc) is 2.94. The Kier molecular flexibility index (Phi) is 4.92. The zero-order chi connectivity index (χ0) is 17.1. The third-order valence-corrected chi connectivity index (χ3v) is 4.88. The molecule has 0 atom stereocenters. The third-order valence-electron chi connectivity index (χ3n) is 3.37. The molecular formula is C17H13BrN2O3S. The average molecular weight is 405 g/mol. The monoisotopic (exact) mass is 404 g/mol. The molecule has 0 aliphatic heterocycles. The van der Waals surface area contributed by atoms with Gasteiger partial charge < -0.3 is 10.4 Å². The number of carbonyl (C=O) groups excluding carboxylic acids is 1. The van der Waals surface area contributed by atoms with Gasteiger partial charge in [-0.25, -0.2) is 9.78 Å².